The zero-order valence-electron chi connectivity index (χ0n) is 9.56. The molecular formula is C11H17N3O2. The van der Waals surface area contributed by atoms with Crippen LogP contribution in [0.5, 0.6) is 0 Å². The molecule has 16 heavy (non-hydrogen) atoms. The van der Waals surface area contributed by atoms with Crippen molar-refractivity contribution in [2.75, 3.05) is 19.6 Å². The Morgan fingerprint density at radius 3 is 2.81 bits per heavy atom. The van der Waals surface area contributed by atoms with Crippen molar-refractivity contribution in [3.63, 3.8) is 0 Å². The number of nitrogens with zero attached hydrogens (tertiary/aromatic N) is 3. The van der Waals surface area contributed by atoms with E-state index < -0.39 is 0 Å². The molecule has 1 aliphatic heterocycles. The van der Waals surface area contributed by atoms with Crippen molar-refractivity contribution in [3.8, 4) is 0 Å². The fourth-order valence-corrected chi connectivity index (χ4v) is 2.15. The van der Waals surface area contributed by atoms with E-state index in [2.05, 4.69) is 22.0 Å². The molecule has 2 heterocycles. The number of likely N-dealkylation sites (tertiary alicyclic amines) is 1. The van der Waals surface area contributed by atoms with E-state index in [0.717, 1.165) is 26.1 Å². The number of rotatable bonds is 4. The minimum Gasteiger partial charge on any atom is -0.339 e. The maximum Gasteiger partial charge on any atom is 0.235 e. The molecule has 1 fully saturated rings. The highest BCUT2D eigenvalue weighted by Crippen LogP contribution is 2.20. The molecule has 0 saturated carbocycles. The molecule has 0 amide bonds. The summed E-state index contributed by atoms with van der Waals surface area (Å²) in [5, 5.41) is 3.57. The Hall–Kier alpha value is -1.23. The van der Waals surface area contributed by atoms with Crippen LogP contribution in [0.4, 0.5) is 0 Å². The molecule has 1 aromatic rings. The predicted molar refractivity (Wildman–Crippen MR) is 58.2 cm³/mol. The van der Waals surface area contributed by atoms with Gasteiger partial charge < -0.3 is 9.42 Å². The fourth-order valence-electron chi connectivity index (χ4n) is 2.15. The summed E-state index contributed by atoms with van der Waals surface area (Å²) in [6, 6.07) is 0. The summed E-state index contributed by atoms with van der Waals surface area (Å²) in [7, 11) is 0. The van der Waals surface area contributed by atoms with Crippen LogP contribution in [0, 0.1) is 5.92 Å². The second kappa shape index (κ2) is 5.21. The molecule has 1 saturated heterocycles. The molecule has 0 N–H and O–H groups in total. The summed E-state index contributed by atoms with van der Waals surface area (Å²) in [5.74, 6) is 1.36. The van der Waals surface area contributed by atoms with Gasteiger partial charge in [0.05, 0.1) is 0 Å². The van der Waals surface area contributed by atoms with Gasteiger partial charge in [-0.05, 0) is 38.4 Å². The van der Waals surface area contributed by atoms with Crippen LogP contribution in [0.25, 0.3) is 0 Å². The molecule has 5 nitrogen and oxygen atoms in total. The van der Waals surface area contributed by atoms with Crippen molar-refractivity contribution >= 4 is 6.29 Å². The number of hydrogen-bond acceptors (Lipinski definition) is 5. The second-order valence-electron chi connectivity index (χ2n) is 4.25. The highest BCUT2D eigenvalue weighted by molar-refractivity contribution is 5.68. The van der Waals surface area contributed by atoms with E-state index in [9.17, 15) is 4.79 Å². The quantitative estimate of drug-likeness (QED) is 0.717. The minimum atomic E-state index is 0.154. The zero-order chi connectivity index (χ0) is 11.4. The Kier molecular flexibility index (Phi) is 3.66. The van der Waals surface area contributed by atoms with Gasteiger partial charge in [-0.25, -0.2) is 0 Å². The van der Waals surface area contributed by atoms with Crippen LogP contribution in [0.3, 0.4) is 0 Å². The molecule has 0 unspecified atom stereocenters. The van der Waals surface area contributed by atoms with Crippen LogP contribution in [0.1, 0.15) is 36.3 Å². The van der Waals surface area contributed by atoms with Crippen molar-refractivity contribution in [2.45, 2.75) is 26.2 Å². The van der Waals surface area contributed by atoms with Crippen LogP contribution in [0.15, 0.2) is 4.52 Å². The first-order valence-corrected chi connectivity index (χ1v) is 5.82. The molecule has 88 valence electrons. The van der Waals surface area contributed by atoms with Gasteiger partial charge >= 0.3 is 0 Å². The lowest BCUT2D eigenvalue weighted by Gasteiger charge is -2.30. The van der Waals surface area contributed by atoms with E-state index >= 15 is 0 Å². The number of aromatic nitrogens is 2. The van der Waals surface area contributed by atoms with Gasteiger partial charge in [-0.2, -0.15) is 4.98 Å². The van der Waals surface area contributed by atoms with Crippen LogP contribution in [-0.2, 0) is 6.42 Å². The van der Waals surface area contributed by atoms with Crippen molar-refractivity contribution in [1.29, 1.82) is 0 Å². The molecular weight excluding hydrogens is 206 g/mol. The van der Waals surface area contributed by atoms with Crippen molar-refractivity contribution < 1.29 is 9.32 Å². The van der Waals surface area contributed by atoms with E-state index in [-0.39, 0.29) is 5.82 Å². The monoisotopic (exact) mass is 223 g/mol. The lowest BCUT2D eigenvalue weighted by Crippen LogP contribution is -2.34. The maximum absolute atomic E-state index is 10.4. The zero-order valence-corrected chi connectivity index (χ0v) is 9.56. The third kappa shape index (κ3) is 2.66. The first-order valence-electron chi connectivity index (χ1n) is 5.82. The van der Waals surface area contributed by atoms with Crippen molar-refractivity contribution in [2.24, 2.45) is 5.92 Å². The van der Waals surface area contributed by atoms with Crippen LogP contribution in [0.2, 0.25) is 0 Å². The molecule has 0 aliphatic carbocycles. The van der Waals surface area contributed by atoms with Gasteiger partial charge in [0.25, 0.3) is 0 Å². The summed E-state index contributed by atoms with van der Waals surface area (Å²) in [4.78, 5) is 16.9. The van der Waals surface area contributed by atoms with Crippen LogP contribution < -0.4 is 0 Å². The molecule has 5 heteroatoms. The van der Waals surface area contributed by atoms with E-state index in [1.807, 2.05) is 0 Å². The smallest absolute Gasteiger partial charge is 0.235 e. The first-order chi connectivity index (χ1) is 7.81. The Labute approximate surface area is 94.8 Å². The number of aldehydes is 1. The largest absolute Gasteiger partial charge is 0.339 e. The molecule has 0 radical (unpaired) electrons. The normalized spacial score (nSPS) is 18.8. The summed E-state index contributed by atoms with van der Waals surface area (Å²) in [6.07, 6.45) is 3.77. The number of carbonyl (C=O) groups excluding carboxylic acids is 1. The lowest BCUT2D eigenvalue weighted by molar-refractivity contribution is 0.111. The Morgan fingerprint density at radius 1 is 1.50 bits per heavy atom. The number of piperidine rings is 1. The van der Waals surface area contributed by atoms with Gasteiger partial charge in [-0.15, -0.1) is 0 Å². The summed E-state index contributed by atoms with van der Waals surface area (Å²) < 4.78 is 5.01. The van der Waals surface area contributed by atoms with Gasteiger partial charge in [-0.1, -0.05) is 12.1 Å². The van der Waals surface area contributed by atoms with E-state index in [1.54, 1.807) is 0 Å². The summed E-state index contributed by atoms with van der Waals surface area (Å²) >= 11 is 0. The van der Waals surface area contributed by atoms with Crippen LogP contribution >= 0.6 is 0 Å². The maximum atomic E-state index is 10.4. The highest BCUT2D eigenvalue weighted by Gasteiger charge is 2.20. The van der Waals surface area contributed by atoms with Gasteiger partial charge in [0.15, 0.2) is 6.29 Å². The third-order valence-corrected chi connectivity index (χ3v) is 3.21. The fraction of sp³-hybridized carbons (Fsp3) is 0.727. The third-order valence-electron chi connectivity index (χ3n) is 3.21. The summed E-state index contributed by atoms with van der Waals surface area (Å²) in [6.45, 7) is 5.61. The average molecular weight is 223 g/mol. The molecule has 0 atom stereocenters. The Balaban J connectivity index is 1.84. The minimum absolute atomic E-state index is 0.154. The van der Waals surface area contributed by atoms with Gasteiger partial charge in [0.1, 0.15) is 0 Å². The van der Waals surface area contributed by atoms with Gasteiger partial charge in [-0.3, -0.25) is 4.79 Å². The predicted octanol–water partition coefficient (Wildman–Crippen LogP) is 1.16. The number of carbonyl (C=O) groups is 1. The van der Waals surface area contributed by atoms with Crippen molar-refractivity contribution in [1.82, 2.24) is 15.0 Å². The first kappa shape index (κ1) is 11.3. The molecule has 2 rings (SSSR count). The average Bonchev–Trinajstić information content (AvgIpc) is 2.78. The number of hydrogen-bond donors (Lipinski definition) is 0. The van der Waals surface area contributed by atoms with E-state index in [1.165, 1.54) is 12.8 Å². The summed E-state index contributed by atoms with van der Waals surface area (Å²) in [5.41, 5.74) is 0. The lowest BCUT2D eigenvalue weighted by atomic mass is 9.93. The van der Waals surface area contributed by atoms with E-state index in [0.29, 0.717) is 18.1 Å². The SMILES string of the molecule is CCN1CCC(Cc2nc(C=O)no2)CC1. The molecule has 0 spiro atoms. The van der Waals surface area contributed by atoms with Gasteiger partial charge in [0.2, 0.25) is 11.7 Å². The highest BCUT2D eigenvalue weighted by atomic mass is 16.5. The molecule has 1 aliphatic rings. The Bertz CT molecular complexity index is 343. The second-order valence-corrected chi connectivity index (χ2v) is 4.25. The van der Waals surface area contributed by atoms with Crippen LogP contribution in [-0.4, -0.2) is 41.0 Å². The Morgan fingerprint density at radius 2 is 2.25 bits per heavy atom. The topological polar surface area (TPSA) is 59.2 Å². The molecule has 0 aromatic carbocycles. The van der Waals surface area contributed by atoms with E-state index in [4.69, 9.17) is 4.52 Å². The standard InChI is InChI=1S/C11H17N3O2/c1-2-14-5-3-9(4-6-14)7-11-12-10(8-15)13-16-11/h8-9H,2-7H2,1H3. The molecule has 1 aromatic heterocycles. The van der Waals surface area contributed by atoms with Gasteiger partial charge in [0, 0.05) is 6.42 Å². The van der Waals surface area contributed by atoms with Crippen molar-refractivity contribution in [3.05, 3.63) is 11.7 Å². The molecule has 0 bridgehead atoms.